The minimum absolute atomic E-state index is 0.0306. The monoisotopic (exact) mass is 670 g/mol. The van der Waals surface area contributed by atoms with E-state index in [1.807, 2.05) is 44.2 Å². The molecule has 13 heteroatoms. The number of aliphatic hydroxyl groups excluding tert-OH is 1. The van der Waals surface area contributed by atoms with Crippen LogP contribution in [0.3, 0.4) is 0 Å². The predicted molar refractivity (Wildman–Crippen MR) is 174 cm³/mol. The SMILES string of the molecule is CC(C)CN(C[C@@H](O)[C@H](Cc1ccccc1)NC(=O)O[C@H]1CO[C@H]2OCC[C@H]21)S(=O)(=O)c1ccc2onc(CNC3CCCC3)c2c1. The van der Waals surface area contributed by atoms with Gasteiger partial charge in [0.05, 0.1) is 36.2 Å². The van der Waals surface area contributed by atoms with Gasteiger partial charge < -0.3 is 34.5 Å². The topological polar surface area (TPSA) is 152 Å². The molecule has 0 radical (unpaired) electrons. The number of sulfonamides is 1. The number of aliphatic hydroxyl groups is 1. The fraction of sp³-hybridized carbons (Fsp3) is 0.588. The number of amides is 1. The highest BCUT2D eigenvalue weighted by molar-refractivity contribution is 7.89. The molecule has 1 amide bonds. The third kappa shape index (κ3) is 8.15. The number of alkyl carbamates (subject to hydrolysis) is 1. The summed E-state index contributed by atoms with van der Waals surface area (Å²) in [6, 6.07) is 13.8. The molecular formula is C34H46N4O8S. The van der Waals surface area contributed by atoms with E-state index in [1.165, 1.54) is 23.2 Å². The Bertz CT molecular complexity index is 1590. The van der Waals surface area contributed by atoms with E-state index >= 15 is 0 Å². The Morgan fingerprint density at radius 3 is 2.64 bits per heavy atom. The van der Waals surface area contributed by atoms with Crippen LogP contribution in [0.4, 0.5) is 4.79 Å². The van der Waals surface area contributed by atoms with Crippen LogP contribution in [0.25, 0.3) is 11.0 Å². The summed E-state index contributed by atoms with van der Waals surface area (Å²) < 4.78 is 52.1. The highest BCUT2D eigenvalue weighted by Gasteiger charge is 2.44. The molecule has 3 fully saturated rings. The predicted octanol–water partition coefficient (Wildman–Crippen LogP) is 3.97. The van der Waals surface area contributed by atoms with Crippen molar-refractivity contribution in [2.24, 2.45) is 11.8 Å². The van der Waals surface area contributed by atoms with Crippen LogP contribution in [0.2, 0.25) is 0 Å². The van der Waals surface area contributed by atoms with Crippen LogP contribution >= 0.6 is 0 Å². The summed E-state index contributed by atoms with van der Waals surface area (Å²) in [5.41, 5.74) is 2.05. The molecule has 2 saturated heterocycles. The molecule has 1 aromatic heterocycles. The lowest BCUT2D eigenvalue weighted by molar-refractivity contribution is -0.0907. The van der Waals surface area contributed by atoms with Gasteiger partial charge in [0.15, 0.2) is 11.9 Å². The van der Waals surface area contributed by atoms with E-state index in [0.717, 1.165) is 24.8 Å². The number of benzene rings is 2. The van der Waals surface area contributed by atoms with Crippen molar-refractivity contribution in [3.05, 3.63) is 59.8 Å². The van der Waals surface area contributed by atoms with E-state index in [1.54, 1.807) is 12.1 Å². The summed E-state index contributed by atoms with van der Waals surface area (Å²) in [6.45, 7) is 5.06. The quantitative estimate of drug-likeness (QED) is 0.230. The second kappa shape index (κ2) is 15.0. The fourth-order valence-electron chi connectivity index (χ4n) is 6.81. The lowest BCUT2D eigenvalue weighted by atomic mass is 10.0. The Kier molecular flexibility index (Phi) is 10.8. The third-order valence-corrected chi connectivity index (χ3v) is 11.2. The van der Waals surface area contributed by atoms with Gasteiger partial charge in [-0.15, -0.1) is 0 Å². The first kappa shape index (κ1) is 33.8. The lowest BCUT2D eigenvalue weighted by Gasteiger charge is -2.31. The second-order valence-electron chi connectivity index (χ2n) is 13.3. The van der Waals surface area contributed by atoms with Gasteiger partial charge in [0.1, 0.15) is 11.8 Å². The van der Waals surface area contributed by atoms with Gasteiger partial charge in [-0.05, 0) is 55.4 Å². The van der Waals surface area contributed by atoms with E-state index in [-0.39, 0.29) is 49.1 Å². The number of hydrogen-bond acceptors (Lipinski definition) is 10. The van der Waals surface area contributed by atoms with Gasteiger partial charge in [0, 0.05) is 31.1 Å². The van der Waals surface area contributed by atoms with E-state index < -0.39 is 34.4 Å². The number of nitrogens with one attached hydrogen (secondary N) is 2. The first-order valence-corrected chi connectivity index (χ1v) is 18.2. The number of nitrogens with zero attached hydrogens (tertiary/aromatic N) is 2. The van der Waals surface area contributed by atoms with E-state index in [4.69, 9.17) is 18.7 Å². The Morgan fingerprint density at radius 2 is 1.87 bits per heavy atom. The van der Waals surface area contributed by atoms with Crippen molar-refractivity contribution in [1.82, 2.24) is 20.1 Å². The molecule has 6 rings (SSSR count). The highest BCUT2D eigenvalue weighted by atomic mass is 32.2. The number of fused-ring (bicyclic) bond motifs is 2. The van der Waals surface area contributed by atoms with Gasteiger partial charge in [0.2, 0.25) is 10.0 Å². The largest absolute Gasteiger partial charge is 0.443 e. The minimum atomic E-state index is -4.06. The van der Waals surface area contributed by atoms with E-state index in [9.17, 15) is 18.3 Å². The molecular weight excluding hydrogens is 624 g/mol. The third-order valence-electron chi connectivity index (χ3n) is 9.34. The number of carbonyl (C=O) groups excluding carboxylic acids is 1. The summed E-state index contributed by atoms with van der Waals surface area (Å²) in [5.74, 6) is -0.0661. The van der Waals surface area contributed by atoms with Gasteiger partial charge in [-0.1, -0.05) is 62.2 Å². The number of ether oxygens (including phenoxy) is 3. The van der Waals surface area contributed by atoms with Gasteiger partial charge in [-0.25, -0.2) is 13.2 Å². The fourth-order valence-corrected chi connectivity index (χ4v) is 8.46. The van der Waals surface area contributed by atoms with Crippen LogP contribution in [0, 0.1) is 11.8 Å². The Balaban J connectivity index is 1.20. The molecule has 3 heterocycles. The zero-order valence-electron chi connectivity index (χ0n) is 27.0. The zero-order valence-corrected chi connectivity index (χ0v) is 27.9. The summed E-state index contributed by atoms with van der Waals surface area (Å²) in [7, 11) is -4.06. The number of aromatic nitrogens is 1. The summed E-state index contributed by atoms with van der Waals surface area (Å²) in [5, 5.41) is 22.8. The Hall–Kier alpha value is -3.07. The second-order valence-corrected chi connectivity index (χ2v) is 15.3. The maximum absolute atomic E-state index is 14.2. The number of rotatable bonds is 14. The summed E-state index contributed by atoms with van der Waals surface area (Å²) in [4.78, 5) is 13.2. The first-order valence-electron chi connectivity index (χ1n) is 16.7. The smallest absolute Gasteiger partial charge is 0.407 e. The maximum atomic E-state index is 14.2. The molecule has 0 unspecified atom stereocenters. The van der Waals surface area contributed by atoms with Crippen LogP contribution in [0.1, 0.15) is 57.2 Å². The standard InChI is InChI=1S/C34H46N4O8S/c1-22(2)19-38(47(41,42)25-12-13-31-27(17-25)29(37-46-31)18-35-24-10-6-7-11-24)20-30(39)28(16-23-8-4-3-5-9-23)36-34(40)45-32-21-44-33-26(32)14-15-43-33/h3-5,8-9,12-13,17,22,24,26,28,30,32-33,35,39H,6-7,10-11,14-16,18-21H2,1-2H3,(H,36,40)/t26-,28-,30+,32-,33+/m0/s1. The molecule has 2 aliphatic heterocycles. The summed E-state index contributed by atoms with van der Waals surface area (Å²) >= 11 is 0. The van der Waals surface area contributed by atoms with Crippen LogP contribution in [0.5, 0.6) is 0 Å². The first-order chi connectivity index (χ1) is 22.7. The molecule has 5 atom stereocenters. The summed E-state index contributed by atoms with van der Waals surface area (Å²) in [6.07, 6.45) is 2.87. The Morgan fingerprint density at radius 1 is 1.09 bits per heavy atom. The van der Waals surface area contributed by atoms with Gasteiger partial charge >= 0.3 is 6.09 Å². The average molecular weight is 671 g/mol. The lowest BCUT2D eigenvalue weighted by Crippen LogP contribution is -2.51. The molecule has 3 N–H and O–H groups in total. The van der Waals surface area contributed by atoms with Crippen molar-refractivity contribution in [2.45, 2.75) is 94.4 Å². The van der Waals surface area contributed by atoms with E-state index in [2.05, 4.69) is 15.8 Å². The van der Waals surface area contributed by atoms with Crippen molar-refractivity contribution < 1.29 is 37.1 Å². The molecule has 0 bridgehead atoms. The molecule has 12 nitrogen and oxygen atoms in total. The number of carbonyl (C=O) groups is 1. The van der Waals surface area contributed by atoms with Crippen molar-refractivity contribution in [2.75, 3.05) is 26.3 Å². The molecule has 0 spiro atoms. The number of hydrogen-bond donors (Lipinski definition) is 3. The van der Waals surface area contributed by atoms with Crippen LogP contribution in [0.15, 0.2) is 57.9 Å². The molecule has 256 valence electrons. The van der Waals surface area contributed by atoms with Gasteiger partial charge in [-0.3, -0.25) is 0 Å². The molecule has 3 aliphatic rings. The molecule has 1 aliphatic carbocycles. The maximum Gasteiger partial charge on any atom is 0.407 e. The van der Waals surface area contributed by atoms with Crippen molar-refractivity contribution in [1.29, 1.82) is 0 Å². The Labute approximate surface area is 276 Å². The molecule has 2 aromatic carbocycles. The van der Waals surface area contributed by atoms with Crippen molar-refractivity contribution in [3.8, 4) is 0 Å². The van der Waals surface area contributed by atoms with Gasteiger partial charge in [0.25, 0.3) is 0 Å². The van der Waals surface area contributed by atoms with Crippen LogP contribution < -0.4 is 10.6 Å². The van der Waals surface area contributed by atoms with Crippen molar-refractivity contribution >= 4 is 27.1 Å². The van der Waals surface area contributed by atoms with Crippen molar-refractivity contribution in [3.63, 3.8) is 0 Å². The molecule has 1 saturated carbocycles. The highest BCUT2D eigenvalue weighted by Crippen LogP contribution is 2.33. The van der Waals surface area contributed by atoms with Gasteiger partial charge in [-0.2, -0.15) is 4.31 Å². The normalized spacial score (nSPS) is 23.0. The van der Waals surface area contributed by atoms with E-state index in [0.29, 0.717) is 35.9 Å². The molecule has 3 aromatic rings. The average Bonchev–Trinajstić information content (AvgIpc) is 3.86. The van der Waals surface area contributed by atoms with Crippen LogP contribution in [-0.2, 0) is 37.2 Å². The minimum Gasteiger partial charge on any atom is -0.443 e. The molecule has 47 heavy (non-hydrogen) atoms. The zero-order chi connectivity index (χ0) is 33.0. The van der Waals surface area contributed by atoms with Crippen LogP contribution in [-0.4, -0.2) is 86.0 Å².